The zero-order valence-electron chi connectivity index (χ0n) is 7.86. The van der Waals surface area contributed by atoms with E-state index in [2.05, 4.69) is 4.98 Å². The van der Waals surface area contributed by atoms with Crippen molar-refractivity contribution in [2.45, 2.75) is 23.8 Å². The first-order valence-corrected chi connectivity index (χ1v) is 5.66. The smallest absolute Gasteiger partial charge is 0.151 e. The highest BCUT2D eigenvalue weighted by molar-refractivity contribution is 7.98. The Morgan fingerprint density at radius 1 is 1.64 bits per heavy atom. The molecule has 1 fully saturated rings. The number of ether oxygens (including phenoxy) is 1. The molecule has 1 aromatic heterocycles. The molecule has 3 nitrogen and oxygen atoms in total. The molecule has 0 N–H and O–H groups in total. The van der Waals surface area contributed by atoms with Crippen molar-refractivity contribution in [1.29, 1.82) is 5.26 Å². The van der Waals surface area contributed by atoms with Gasteiger partial charge in [0.25, 0.3) is 0 Å². The van der Waals surface area contributed by atoms with E-state index in [0.29, 0.717) is 11.8 Å². The second kappa shape index (κ2) is 3.89. The molecule has 1 aliphatic carbocycles. The molecule has 0 spiro atoms. The van der Waals surface area contributed by atoms with Gasteiger partial charge in [0.05, 0.1) is 17.2 Å². The van der Waals surface area contributed by atoms with Crippen LogP contribution in [0.25, 0.3) is 0 Å². The van der Waals surface area contributed by atoms with E-state index in [0.717, 1.165) is 23.5 Å². The number of rotatable bonds is 3. The minimum Gasteiger partial charge on any atom is -0.488 e. The Morgan fingerprint density at radius 2 is 2.43 bits per heavy atom. The number of hydrogen-bond acceptors (Lipinski definition) is 4. The molecule has 1 aliphatic rings. The standard InChI is InChI=1S/C10H10N2OS/c1-14-10-4-7(5-11)12-6-9(10)13-8-2-3-8/h4,6,8H,2-3H2,1H3. The van der Waals surface area contributed by atoms with Crippen LogP contribution >= 0.6 is 11.8 Å². The zero-order valence-corrected chi connectivity index (χ0v) is 8.67. The lowest BCUT2D eigenvalue weighted by Crippen LogP contribution is -1.98. The maximum absolute atomic E-state index is 8.68. The Hall–Kier alpha value is -1.21. The first-order chi connectivity index (χ1) is 6.83. The summed E-state index contributed by atoms with van der Waals surface area (Å²) in [7, 11) is 0. The van der Waals surface area contributed by atoms with Crippen molar-refractivity contribution >= 4 is 11.8 Å². The molecule has 1 aromatic rings. The van der Waals surface area contributed by atoms with Gasteiger partial charge in [-0.1, -0.05) is 0 Å². The van der Waals surface area contributed by atoms with Gasteiger partial charge >= 0.3 is 0 Å². The summed E-state index contributed by atoms with van der Waals surface area (Å²) in [5.41, 5.74) is 0.442. The lowest BCUT2D eigenvalue weighted by atomic mass is 10.3. The zero-order chi connectivity index (χ0) is 9.97. The fourth-order valence-corrected chi connectivity index (χ4v) is 1.63. The van der Waals surface area contributed by atoms with Crippen LogP contribution in [0.1, 0.15) is 18.5 Å². The van der Waals surface area contributed by atoms with E-state index in [9.17, 15) is 0 Å². The van der Waals surface area contributed by atoms with Crippen molar-refractivity contribution in [3.05, 3.63) is 18.0 Å². The third kappa shape index (κ3) is 1.99. The molecule has 0 aliphatic heterocycles. The van der Waals surface area contributed by atoms with Crippen LogP contribution in [0.4, 0.5) is 0 Å². The molecule has 0 atom stereocenters. The summed E-state index contributed by atoms with van der Waals surface area (Å²) in [5.74, 6) is 0.805. The van der Waals surface area contributed by atoms with Crippen LogP contribution in [0.2, 0.25) is 0 Å². The first-order valence-electron chi connectivity index (χ1n) is 4.44. The van der Waals surface area contributed by atoms with Crippen LogP contribution in [-0.2, 0) is 0 Å². The lowest BCUT2D eigenvalue weighted by molar-refractivity contribution is 0.294. The van der Waals surface area contributed by atoms with Crippen LogP contribution in [-0.4, -0.2) is 17.3 Å². The monoisotopic (exact) mass is 206 g/mol. The number of thioether (sulfide) groups is 1. The molecule has 2 rings (SSSR count). The van der Waals surface area contributed by atoms with Crippen LogP contribution in [0.3, 0.4) is 0 Å². The molecule has 0 bridgehead atoms. The summed E-state index contributed by atoms with van der Waals surface area (Å²) in [5, 5.41) is 8.68. The lowest BCUT2D eigenvalue weighted by Gasteiger charge is -2.07. The maximum atomic E-state index is 8.68. The van der Waals surface area contributed by atoms with E-state index in [1.54, 1.807) is 24.0 Å². The second-order valence-corrected chi connectivity index (χ2v) is 4.00. The third-order valence-electron chi connectivity index (χ3n) is 1.98. The highest BCUT2D eigenvalue weighted by Crippen LogP contribution is 2.33. The Labute approximate surface area is 87.1 Å². The van der Waals surface area contributed by atoms with Crippen molar-refractivity contribution in [2.75, 3.05) is 6.26 Å². The fourth-order valence-electron chi connectivity index (χ4n) is 1.10. The van der Waals surface area contributed by atoms with Gasteiger partial charge in [-0.25, -0.2) is 4.98 Å². The Morgan fingerprint density at radius 3 is 3.00 bits per heavy atom. The van der Waals surface area contributed by atoms with Gasteiger partial charge < -0.3 is 4.74 Å². The topological polar surface area (TPSA) is 45.9 Å². The summed E-state index contributed by atoms with van der Waals surface area (Å²) in [6.45, 7) is 0. The number of aromatic nitrogens is 1. The average Bonchev–Trinajstić information content (AvgIpc) is 3.02. The number of nitrogens with zero attached hydrogens (tertiary/aromatic N) is 2. The molecule has 14 heavy (non-hydrogen) atoms. The minimum atomic E-state index is 0.371. The van der Waals surface area contributed by atoms with Crippen LogP contribution in [0.5, 0.6) is 5.75 Å². The Balaban J connectivity index is 2.25. The second-order valence-electron chi connectivity index (χ2n) is 3.15. The van der Waals surface area contributed by atoms with Crippen molar-refractivity contribution in [1.82, 2.24) is 4.98 Å². The fraction of sp³-hybridized carbons (Fsp3) is 0.400. The molecule has 1 heterocycles. The Bertz CT molecular complexity index is 382. The Kier molecular flexibility index (Phi) is 2.60. The van der Waals surface area contributed by atoms with Crippen molar-refractivity contribution in [2.24, 2.45) is 0 Å². The van der Waals surface area contributed by atoms with Gasteiger partial charge in [-0.3, -0.25) is 0 Å². The van der Waals surface area contributed by atoms with Crippen LogP contribution in [0, 0.1) is 11.3 Å². The summed E-state index contributed by atoms with van der Waals surface area (Å²) in [4.78, 5) is 4.98. The highest BCUT2D eigenvalue weighted by Gasteiger charge is 2.24. The average molecular weight is 206 g/mol. The molecule has 0 aromatic carbocycles. The predicted molar refractivity (Wildman–Crippen MR) is 54.4 cm³/mol. The van der Waals surface area contributed by atoms with E-state index in [1.165, 1.54) is 0 Å². The van der Waals surface area contributed by atoms with E-state index in [1.807, 2.05) is 12.3 Å². The number of pyridine rings is 1. The van der Waals surface area contributed by atoms with Crippen LogP contribution < -0.4 is 4.74 Å². The van der Waals surface area contributed by atoms with Gasteiger partial charge in [0.1, 0.15) is 11.8 Å². The van der Waals surface area contributed by atoms with E-state index in [4.69, 9.17) is 10.00 Å². The van der Waals surface area contributed by atoms with E-state index >= 15 is 0 Å². The minimum absolute atomic E-state index is 0.371. The maximum Gasteiger partial charge on any atom is 0.151 e. The molecular formula is C10H10N2OS. The predicted octanol–water partition coefficient (Wildman–Crippen LogP) is 2.22. The number of hydrogen-bond donors (Lipinski definition) is 0. The van der Waals surface area contributed by atoms with Crippen molar-refractivity contribution in [3.63, 3.8) is 0 Å². The first kappa shape index (κ1) is 9.35. The van der Waals surface area contributed by atoms with E-state index in [-0.39, 0.29) is 0 Å². The molecule has 0 saturated heterocycles. The third-order valence-corrected chi connectivity index (χ3v) is 2.74. The number of nitriles is 1. The van der Waals surface area contributed by atoms with Gasteiger partial charge in [0.2, 0.25) is 0 Å². The molecule has 0 unspecified atom stereocenters. The highest BCUT2D eigenvalue weighted by atomic mass is 32.2. The molecule has 72 valence electrons. The van der Waals surface area contributed by atoms with Gasteiger partial charge in [-0.05, 0) is 25.2 Å². The molecule has 0 radical (unpaired) electrons. The van der Waals surface area contributed by atoms with Gasteiger partial charge in [-0.15, -0.1) is 11.8 Å². The van der Waals surface area contributed by atoms with Gasteiger partial charge in [0.15, 0.2) is 5.75 Å². The molecule has 4 heteroatoms. The quantitative estimate of drug-likeness (QED) is 0.711. The van der Waals surface area contributed by atoms with Gasteiger partial charge in [-0.2, -0.15) is 5.26 Å². The van der Waals surface area contributed by atoms with Crippen molar-refractivity contribution in [3.8, 4) is 11.8 Å². The molecular weight excluding hydrogens is 196 g/mol. The van der Waals surface area contributed by atoms with Gasteiger partial charge in [0, 0.05) is 0 Å². The summed E-state index contributed by atoms with van der Waals surface area (Å²) >= 11 is 1.58. The molecule has 0 amide bonds. The molecule has 1 saturated carbocycles. The summed E-state index contributed by atoms with van der Waals surface area (Å²) < 4.78 is 5.65. The van der Waals surface area contributed by atoms with Crippen molar-refractivity contribution < 1.29 is 4.74 Å². The summed E-state index contributed by atoms with van der Waals surface area (Å²) in [6.07, 6.45) is 6.25. The summed E-state index contributed by atoms with van der Waals surface area (Å²) in [6, 6.07) is 3.78. The largest absolute Gasteiger partial charge is 0.488 e. The SMILES string of the molecule is CSc1cc(C#N)ncc1OC1CC1. The normalized spacial score (nSPS) is 14.9. The van der Waals surface area contributed by atoms with Crippen LogP contribution in [0.15, 0.2) is 17.2 Å². The van der Waals surface area contributed by atoms with E-state index < -0.39 is 0 Å².